The molecule has 0 atom stereocenters. The minimum atomic E-state index is 0.944. The third-order valence-corrected chi connectivity index (χ3v) is 2.03. The van der Waals surface area contributed by atoms with E-state index in [-0.39, 0.29) is 0 Å². The Labute approximate surface area is 75.0 Å². The molecule has 0 bridgehead atoms. The summed E-state index contributed by atoms with van der Waals surface area (Å²) in [7, 11) is 0. The molecule has 1 aliphatic rings. The average molecular weight is 159 g/mol. The van der Waals surface area contributed by atoms with Crippen molar-refractivity contribution in [1.82, 2.24) is 0 Å². The Morgan fingerprint density at radius 2 is 2.08 bits per heavy atom. The van der Waals surface area contributed by atoms with Crippen LogP contribution in [0.15, 0.2) is 42.5 Å². The molecule has 63 valence electrons. The van der Waals surface area contributed by atoms with Gasteiger partial charge < -0.3 is 0 Å². The maximum atomic E-state index is 3.75. The molecule has 0 unspecified atom stereocenters. The molecule has 0 heteroatoms. The van der Waals surface area contributed by atoms with Gasteiger partial charge >= 0.3 is 0 Å². The van der Waals surface area contributed by atoms with E-state index in [1.54, 1.807) is 0 Å². The van der Waals surface area contributed by atoms with E-state index in [0.717, 1.165) is 19.3 Å². The monoisotopic (exact) mass is 159 g/mol. The molecule has 0 heterocycles. The zero-order valence-corrected chi connectivity index (χ0v) is 7.47. The van der Waals surface area contributed by atoms with Crippen LogP contribution >= 0.6 is 0 Å². The van der Waals surface area contributed by atoms with Crippen LogP contribution in [0.5, 0.6) is 0 Å². The molecule has 0 spiro atoms. The minimum absolute atomic E-state index is 0.944. The lowest BCUT2D eigenvalue weighted by atomic mass is 9.93. The van der Waals surface area contributed by atoms with Crippen molar-refractivity contribution >= 4 is 0 Å². The fourth-order valence-corrected chi connectivity index (χ4v) is 1.44. The molecule has 1 aliphatic carbocycles. The summed E-state index contributed by atoms with van der Waals surface area (Å²) >= 11 is 0. The molecular weight excluding hydrogens is 144 g/mol. The van der Waals surface area contributed by atoms with Crippen molar-refractivity contribution in [1.29, 1.82) is 0 Å². The van der Waals surface area contributed by atoms with E-state index in [1.165, 1.54) is 17.6 Å². The molecule has 0 aromatic carbocycles. The summed E-state index contributed by atoms with van der Waals surface area (Å²) in [5, 5.41) is 0. The minimum Gasteiger partial charge on any atom is -0.103 e. The molecule has 0 fully saturated rings. The summed E-state index contributed by atoms with van der Waals surface area (Å²) in [5.74, 6) is 0. The number of hydrogen-bond acceptors (Lipinski definition) is 0. The first kappa shape index (κ1) is 9.05. The van der Waals surface area contributed by atoms with Crippen LogP contribution in [0, 0.1) is 6.08 Å². The lowest BCUT2D eigenvalue weighted by Crippen LogP contribution is -1.94. The van der Waals surface area contributed by atoms with Gasteiger partial charge in [0.25, 0.3) is 0 Å². The summed E-state index contributed by atoms with van der Waals surface area (Å²) < 4.78 is 0. The molecule has 0 aliphatic heterocycles. The third kappa shape index (κ3) is 2.23. The van der Waals surface area contributed by atoms with E-state index >= 15 is 0 Å². The predicted molar refractivity (Wildman–Crippen MR) is 53.7 cm³/mol. The van der Waals surface area contributed by atoms with Crippen LogP contribution in [-0.2, 0) is 0 Å². The zero-order valence-electron chi connectivity index (χ0n) is 7.47. The SMILES string of the molecule is C=CCC1=C(CC=C)CCC=[C]1. The van der Waals surface area contributed by atoms with Gasteiger partial charge in [-0.05, 0) is 37.3 Å². The zero-order chi connectivity index (χ0) is 8.81. The average Bonchev–Trinajstić information content (AvgIpc) is 2.09. The van der Waals surface area contributed by atoms with E-state index in [4.69, 9.17) is 0 Å². The van der Waals surface area contributed by atoms with Crippen LogP contribution in [-0.4, -0.2) is 0 Å². The van der Waals surface area contributed by atoms with Gasteiger partial charge in [-0.25, -0.2) is 0 Å². The predicted octanol–water partition coefficient (Wildman–Crippen LogP) is 3.59. The third-order valence-electron chi connectivity index (χ3n) is 2.03. The summed E-state index contributed by atoms with van der Waals surface area (Å²) in [6.07, 6.45) is 13.6. The second kappa shape index (κ2) is 4.76. The van der Waals surface area contributed by atoms with Crippen molar-refractivity contribution in [3.8, 4) is 0 Å². The second-order valence-electron chi connectivity index (χ2n) is 2.95. The Morgan fingerprint density at radius 3 is 2.75 bits per heavy atom. The molecule has 0 aromatic rings. The van der Waals surface area contributed by atoms with Gasteiger partial charge in [0.1, 0.15) is 0 Å². The van der Waals surface area contributed by atoms with Gasteiger partial charge in [0, 0.05) is 0 Å². The normalized spacial score (nSPS) is 16.3. The molecule has 0 aromatic heterocycles. The standard InChI is InChI=1S/C12H15/c1-3-7-11-9-5-6-10-12(11)8-4-2/h3-5H,1-2,6-8,10H2. The largest absolute Gasteiger partial charge is 0.103 e. The highest BCUT2D eigenvalue weighted by Gasteiger charge is 2.05. The highest BCUT2D eigenvalue weighted by Crippen LogP contribution is 2.23. The van der Waals surface area contributed by atoms with Crippen molar-refractivity contribution in [2.75, 3.05) is 0 Å². The Balaban J connectivity index is 2.75. The second-order valence-corrected chi connectivity index (χ2v) is 2.95. The maximum Gasteiger partial charge on any atom is -0.00944 e. The van der Waals surface area contributed by atoms with Crippen LogP contribution in [0.2, 0.25) is 0 Å². The van der Waals surface area contributed by atoms with Crippen molar-refractivity contribution in [3.63, 3.8) is 0 Å². The summed E-state index contributed by atoms with van der Waals surface area (Å²) in [5.41, 5.74) is 2.79. The van der Waals surface area contributed by atoms with Crippen LogP contribution in [0.25, 0.3) is 0 Å². The molecule has 0 N–H and O–H groups in total. The van der Waals surface area contributed by atoms with Gasteiger partial charge in [0.2, 0.25) is 0 Å². The first-order chi connectivity index (χ1) is 5.88. The van der Waals surface area contributed by atoms with Crippen molar-refractivity contribution in [2.24, 2.45) is 0 Å². The lowest BCUT2D eigenvalue weighted by molar-refractivity contribution is 0.885. The van der Waals surface area contributed by atoms with Gasteiger partial charge in [-0.1, -0.05) is 23.8 Å². The maximum absolute atomic E-state index is 3.75. The number of rotatable bonds is 4. The fraction of sp³-hybridized carbons (Fsp3) is 0.333. The Kier molecular flexibility index (Phi) is 3.59. The molecule has 0 nitrogen and oxygen atoms in total. The first-order valence-electron chi connectivity index (χ1n) is 4.39. The van der Waals surface area contributed by atoms with Gasteiger partial charge in [0.05, 0.1) is 0 Å². The molecular formula is C12H15. The summed E-state index contributed by atoms with van der Waals surface area (Å²) in [6, 6.07) is 0. The highest BCUT2D eigenvalue weighted by molar-refractivity contribution is 5.28. The molecule has 1 radical (unpaired) electrons. The van der Waals surface area contributed by atoms with E-state index in [2.05, 4.69) is 25.3 Å². The molecule has 0 amide bonds. The van der Waals surface area contributed by atoms with Gasteiger partial charge in [0.15, 0.2) is 0 Å². The molecule has 0 saturated heterocycles. The smallest absolute Gasteiger partial charge is 0.00944 e. The Morgan fingerprint density at radius 1 is 1.33 bits per heavy atom. The Hall–Kier alpha value is -1.04. The molecule has 12 heavy (non-hydrogen) atoms. The molecule has 0 saturated carbocycles. The van der Waals surface area contributed by atoms with Crippen molar-refractivity contribution in [2.45, 2.75) is 25.7 Å². The molecule has 1 rings (SSSR count). The first-order valence-corrected chi connectivity index (χ1v) is 4.39. The van der Waals surface area contributed by atoms with E-state index < -0.39 is 0 Å². The Bertz CT molecular complexity index is 228. The lowest BCUT2D eigenvalue weighted by Gasteiger charge is -2.12. The fourth-order valence-electron chi connectivity index (χ4n) is 1.44. The van der Waals surface area contributed by atoms with Crippen LogP contribution < -0.4 is 0 Å². The quantitative estimate of drug-likeness (QED) is 0.550. The topological polar surface area (TPSA) is 0 Å². The number of allylic oxidation sites excluding steroid dienone is 6. The van der Waals surface area contributed by atoms with E-state index in [1.807, 2.05) is 12.2 Å². The van der Waals surface area contributed by atoms with Gasteiger partial charge in [-0.2, -0.15) is 0 Å². The number of hydrogen-bond donors (Lipinski definition) is 0. The summed E-state index contributed by atoms with van der Waals surface area (Å²) in [6.45, 7) is 7.49. The van der Waals surface area contributed by atoms with Gasteiger partial charge in [-0.3, -0.25) is 0 Å². The van der Waals surface area contributed by atoms with Crippen molar-refractivity contribution in [3.05, 3.63) is 48.6 Å². The van der Waals surface area contributed by atoms with Crippen LogP contribution in [0.4, 0.5) is 0 Å². The van der Waals surface area contributed by atoms with Crippen LogP contribution in [0.1, 0.15) is 25.7 Å². The van der Waals surface area contributed by atoms with E-state index in [9.17, 15) is 0 Å². The van der Waals surface area contributed by atoms with E-state index in [0.29, 0.717) is 0 Å². The summed E-state index contributed by atoms with van der Waals surface area (Å²) in [4.78, 5) is 0. The van der Waals surface area contributed by atoms with Gasteiger partial charge in [-0.15, -0.1) is 13.2 Å². The highest BCUT2D eigenvalue weighted by atomic mass is 14.1. The van der Waals surface area contributed by atoms with Crippen molar-refractivity contribution < 1.29 is 0 Å². The van der Waals surface area contributed by atoms with Crippen LogP contribution in [0.3, 0.4) is 0 Å².